The molecule has 2 amide bonds. The van der Waals surface area contributed by atoms with Crippen LogP contribution in [0, 0.1) is 17.8 Å². The van der Waals surface area contributed by atoms with E-state index in [2.05, 4.69) is 39.5 Å². The summed E-state index contributed by atoms with van der Waals surface area (Å²) in [6, 6.07) is 7.39. The molecule has 166 valence electrons. The monoisotopic (exact) mass is 423 g/mol. The molecule has 6 heteroatoms. The lowest BCUT2D eigenvalue weighted by molar-refractivity contribution is -0.123. The number of allylic oxidation sites excluding steroid dienone is 2. The SMILES string of the molecule is Cn1cc(C[C@H](NC(=O)OC(C)(C)C)C(=O)NC[C@H]2C[C@H]3C=C[C@H]2C3)c2ccccc21. The number of para-hydroxylation sites is 1. The van der Waals surface area contributed by atoms with E-state index < -0.39 is 17.7 Å². The number of aryl methyl sites for hydroxylation is 1. The van der Waals surface area contributed by atoms with Gasteiger partial charge < -0.3 is 19.9 Å². The molecule has 1 fully saturated rings. The summed E-state index contributed by atoms with van der Waals surface area (Å²) in [6.45, 7) is 6.09. The van der Waals surface area contributed by atoms with E-state index in [0.717, 1.165) is 22.9 Å². The fraction of sp³-hybridized carbons (Fsp3) is 0.520. The smallest absolute Gasteiger partial charge is 0.408 e. The summed E-state index contributed by atoms with van der Waals surface area (Å²) in [5, 5.41) is 7.00. The highest BCUT2D eigenvalue weighted by atomic mass is 16.6. The van der Waals surface area contributed by atoms with Gasteiger partial charge in [-0.05, 0) is 63.0 Å². The molecule has 1 aromatic heterocycles. The van der Waals surface area contributed by atoms with Crippen molar-refractivity contribution in [1.82, 2.24) is 15.2 Å². The van der Waals surface area contributed by atoms with Gasteiger partial charge in [-0.15, -0.1) is 0 Å². The first kappa shape index (κ1) is 21.5. The first-order valence-corrected chi connectivity index (χ1v) is 11.2. The lowest BCUT2D eigenvalue weighted by atomic mass is 9.93. The quantitative estimate of drug-likeness (QED) is 0.691. The number of nitrogens with zero attached hydrogens (tertiary/aromatic N) is 1. The topological polar surface area (TPSA) is 72.4 Å². The second-order valence-corrected chi connectivity index (χ2v) is 9.97. The number of carbonyl (C=O) groups is 2. The molecule has 2 bridgehead atoms. The Morgan fingerprint density at radius 1 is 1.19 bits per heavy atom. The number of ether oxygens (including phenoxy) is 1. The van der Waals surface area contributed by atoms with Crippen molar-refractivity contribution in [2.45, 2.75) is 51.7 Å². The van der Waals surface area contributed by atoms with E-state index in [4.69, 9.17) is 4.74 Å². The standard InChI is InChI=1S/C25H33N3O3/c1-25(2,3)31-24(30)27-21(13-19-15-28(4)22-8-6-5-7-20(19)22)23(29)26-14-18-12-16-9-10-17(18)11-16/h5-10,15-18,21H,11-14H2,1-4H3,(H,26,29)(H,27,30)/t16-,17-,18+,21-/m0/s1. The molecular weight excluding hydrogens is 390 g/mol. The number of rotatable bonds is 6. The van der Waals surface area contributed by atoms with Gasteiger partial charge in [0.25, 0.3) is 0 Å². The molecule has 0 radical (unpaired) electrons. The van der Waals surface area contributed by atoms with Gasteiger partial charge in [0.2, 0.25) is 5.91 Å². The second kappa shape index (κ2) is 8.40. The Balaban J connectivity index is 1.48. The van der Waals surface area contributed by atoms with Gasteiger partial charge in [0.1, 0.15) is 11.6 Å². The Labute approximate surface area is 184 Å². The molecule has 2 N–H and O–H groups in total. The highest BCUT2D eigenvalue weighted by Crippen LogP contribution is 2.42. The van der Waals surface area contributed by atoms with Crippen LogP contribution in [0.5, 0.6) is 0 Å². The van der Waals surface area contributed by atoms with Crippen LogP contribution in [0.4, 0.5) is 4.79 Å². The predicted molar refractivity (Wildman–Crippen MR) is 122 cm³/mol. The van der Waals surface area contributed by atoms with Gasteiger partial charge in [0.05, 0.1) is 0 Å². The molecule has 4 atom stereocenters. The molecule has 0 spiro atoms. The largest absolute Gasteiger partial charge is 0.444 e. The maximum atomic E-state index is 13.1. The molecule has 2 aliphatic rings. The van der Waals surface area contributed by atoms with Crippen molar-refractivity contribution >= 4 is 22.9 Å². The van der Waals surface area contributed by atoms with Crippen LogP contribution in [0.2, 0.25) is 0 Å². The fourth-order valence-electron chi connectivity index (χ4n) is 4.95. The third-order valence-electron chi connectivity index (χ3n) is 6.37. The average Bonchev–Trinajstić information content (AvgIpc) is 3.40. The summed E-state index contributed by atoms with van der Waals surface area (Å²) in [5.41, 5.74) is 1.50. The molecule has 6 nitrogen and oxygen atoms in total. The predicted octanol–water partition coefficient (Wildman–Crippen LogP) is 3.94. The summed E-state index contributed by atoms with van der Waals surface area (Å²) in [7, 11) is 1.99. The van der Waals surface area contributed by atoms with Crippen molar-refractivity contribution in [3.8, 4) is 0 Å². The van der Waals surface area contributed by atoms with Gasteiger partial charge in [-0.2, -0.15) is 0 Å². The molecule has 31 heavy (non-hydrogen) atoms. The number of hydrogen-bond acceptors (Lipinski definition) is 3. The molecule has 1 saturated carbocycles. The number of carbonyl (C=O) groups excluding carboxylic acids is 2. The van der Waals surface area contributed by atoms with Crippen molar-refractivity contribution in [1.29, 1.82) is 0 Å². The lowest BCUT2D eigenvalue weighted by Crippen LogP contribution is -2.50. The van der Waals surface area contributed by atoms with E-state index in [1.807, 2.05) is 46.1 Å². The van der Waals surface area contributed by atoms with Gasteiger partial charge in [-0.3, -0.25) is 4.79 Å². The Morgan fingerprint density at radius 3 is 2.65 bits per heavy atom. The van der Waals surface area contributed by atoms with E-state index in [1.165, 1.54) is 6.42 Å². The minimum atomic E-state index is -0.699. The van der Waals surface area contributed by atoms with Crippen LogP contribution in [0.1, 0.15) is 39.2 Å². The third kappa shape index (κ3) is 4.94. The van der Waals surface area contributed by atoms with Crippen molar-refractivity contribution in [2.24, 2.45) is 24.8 Å². The van der Waals surface area contributed by atoms with Crippen molar-refractivity contribution in [3.05, 3.63) is 48.2 Å². The van der Waals surface area contributed by atoms with Crippen LogP contribution < -0.4 is 10.6 Å². The summed E-state index contributed by atoms with van der Waals surface area (Å²) in [5.74, 6) is 1.56. The number of benzene rings is 1. The average molecular weight is 424 g/mol. The van der Waals surface area contributed by atoms with Gasteiger partial charge in [-0.25, -0.2) is 4.79 Å². The Morgan fingerprint density at radius 2 is 1.97 bits per heavy atom. The van der Waals surface area contributed by atoms with E-state index in [0.29, 0.717) is 30.7 Å². The van der Waals surface area contributed by atoms with Gasteiger partial charge in [0, 0.05) is 37.1 Å². The lowest BCUT2D eigenvalue weighted by Gasteiger charge is -2.24. The Hall–Kier alpha value is -2.76. The van der Waals surface area contributed by atoms with Crippen LogP contribution in [0.15, 0.2) is 42.6 Å². The number of fused-ring (bicyclic) bond motifs is 3. The first-order valence-electron chi connectivity index (χ1n) is 11.2. The number of hydrogen-bond donors (Lipinski definition) is 2. The summed E-state index contributed by atoms with van der Waals surface area (Å²) in [4.78, 5) is 25.6. The molecule has 0 unspecified atom stereocenters. The highest BCUT2D eigenvalue weighted by molar-refractivity contribution is 5.88. The maximum Gasteiger partial charge on any atom is 0.408 e. The molecule has 4 rings (SSSR count). The highest BCUT2D eigenvalue weighted by Gasteiger charge is 2.36. The minimum absolute atomic E-state index is 0.162. The van der Waals surface area contributed by atoms with Crippen LogP contribution in [0.25, 0.3) is 10.9 Å². The molecule has 0 aliphatic heterocycles. The summed E-state index contributed by atoms with van der Waals surface area (Å²) < 4.78 is 7.47. The van der Waals surface area contributed by atoms with E-state index >= 15 is 0 Å². The molecule has 2 aromatic rings. The molecule has 2 aliphatic carbocycles. The van der Waals surface area contributed by atoms with Crippen LogP contribution >= 0.6 is 0 Å². The van der Waals surface area contributed by atoms with Crippen molar-refractivity contribution in [2.75, 3.05) is 6.54 Å². The first-order chi connectivity index (χ1) is 14.7. The minimum Gasteiger partial charge on any atom is -0.444 e. The van der Waals surface area contributed by atoms with Crippen molar-refractivity contribution in [3.63, 3.8) is 0 Å². The maximum absolute atomic E-state index is 13.1. The number of amides is 2. The van der Waals surface area contributed by atoms with Gasteiger partial charge in [-0.1, -0.05) is 30.4 Å². The number of alkyl carbamates (subject to hydrolysis) is 1. The van der Waals surface area contributed by atoms with Crippen LogP contribution in [-0.4, -0.2) is 34.8 Å². The summed E-state index contributed by atoms with van der Waals surface area (Å²) >= 11 is 0. The van der Waals surface area contributed by atoms with Gasteiger partial charge >= 0.3 is 6.09 Å². The molecular formula is C25H33N3O3. The zero-order chi connectivity index (χ0) is 22.2. The van der Waals surface area contributed by atoms with Crippen LogP contribution in [-0.2, 0) is 23.0 Å². The zero-order valence-corrected chi connectivity index (χ0v) is 18.9. The molecule has 0 saturated heterocycles. The fourth-order valence-corrected chi connectivity index (χ4v) is 4.95. The number of nitrogens with one attached hydrogen (secondary N) is 2. The van der Waals surface area contributed by atoms with E-state index in [1.54, 1.807) is 0 Å². The normalized spacial score (nSPS) is 23.2. The molecule has 1 heterocycles. The Bertz CT molecular complexity index is 1000. The number of aromatic nitrogens is 1. The van der Waals surface area contributed by atoms with Crippen molar-refractivity contribution < 1.29 is 14.3 Å². The molecule has 1 aromatic carbocycles. The van der Waals surface area contributed by atoms with Crippen LogP contribution in [0.3, 0.4) is 0 Å². The second-order valence-electron chi connectivity index (χ2n) is 9.97. The Kier molecular flexibility index (Phi) is 5.82. The summed E-state index contributed by atoms with van der Waals surface area (Å²) in [6.07, 6.45) is 8.79. The third-order valence-corrected chi connectivity index (χ3v) is 6.37. The van der Waals surface area contributed by atoms with Gasteiger partial charge in [0.15, 0.2) is 0 Å². The zero-order valence-electron chi connectivity index (χ0n) is 18.9. The van der Waals surface area contributed by atoms with E-state index in [-0.39, 0.29) is 5.91 Å². The van der Waals surface area contributed by atoms with E-state index in [9.17, 15) is 9.59 Å².